The monoisotopic (exact) mass is 480 g/mol. The van der Waals surface area contributed by atoms with Crippen LogP contribution in [0.4, 0.5) is 17.2 Å². The molecule has 1 heterocycles. The average molecular weight is 481 g/mol. The molecule has 0 spiro atoms. The second-order valence-corrected chi connectivity index (χ2v) is 7.15. The molecule has 13 heteroatoms. The van der Waals surface area contributed by atoms with Gasteiger partial charge in [-0.05, 0) is 35.0 Å². The lowest BCUT2D eigenvalue weighted by Crippen LogP contribution is -2.30. The summed E-state index contributed by atoms with van der Waals surface area (Å²) in [6, 6.07) is 16.1. The Balaban J connectivity index is 1.57. The zero-order chi connectivity index (χ0) is 24.2. The van der Waals surface area contributed by atoms with Crippen LogP contribution in [0.15, 0.2) is 67.0 Å². The summed E-state index contributed by atoms with van der Waals surface area (Å²) in [5.41, 5.74) is 3.35. The second-order valence-electron chi connectivity index (χ2n) is 6.75. The number of halogens is 1. The third-order valence-electron chi connectivity index (χ3n) is 4.61. The first-order chi connectivity index (χ1) is 16.3. The molecule has 12 nitrogen and oxygen atoms in total. The molecule has 0 aliphatic heterocycles. The first-order valence-electron chi connectivity index (χ1n) is 9.50. The van der Waals surface area contributed by atoms with E-state index >= 15 is 0 Å². The van der Waals surface area contributed by atoms with Crippen LogP contribution in [-0.2, 0) is 0 Å². The number of fused-ring (bicyclic) bond motifs is 1. The maximum absolute atomic E-state index is 12.4. The van der Waals surface area contributed by atoms with Crippen molar-refractivity contribution in [3.63, 3.8) is 0 Å². The van der Waals surface area contributed by atoms with Crippen molar-refractivity contribution in [1.82, 2.24) is 15.4 Å². The van der Waals surface area contributed by atoms with Gasteiger partial charge < -0.3 is 4.74 Å². The number of nitro groups is 2. The van der Waals surface area contributed by atoms with Gasteiger partial charge in [0.1, 0.15) is 17.1 Å². The second kappa shape index (κ2) is 9.34. The fraction of sp³-hybridized carbons (Fsp3) is 0. The highest BCUT2D eigenvalue weighted by Gasteiger charge is 2.26. The molecule has 170 valence electrons. The molecule has 34 heavy (non-hydrogen) atoms. The molecule has 4 rings (SSSR count). The summed E-state index contributed by atoms with van der Waals surface area (Å²) in [7, 11) is 0. The van der Waals surface area contributed by atoms with Crippen LogP contribution in [-0.4, -0.2) is 25.7 Å². The van der Waals surface area contributed by atoms with Crippen LogP contribution in [0.2, 0.25) is 5.02 Å². The molecular weight excluding hydrogens is 468 g/mol. The molecule has 0 saturated carbocycles. The van der Waals surface area contributed by atoms with Gasteiger partial charge in [0, 0.05) is 11.6 Å². The van der Waals surface area contributed by atoms with Crippen LogP contribution < -0.4 is 15.6 Å². The van der Waals surface area contributed by atoms with Crippen molar-refractivity contribution in [3.8, 4) is 11.6 Å². The molecule has 0 unspecified atom stereocenters. The van der Waals surface area contributed by atoms with Gasteiger partial charge in [0.05, 0.1) is 9.85 Å². The molecule has 0 saturated heterocycles. The highest BCUT2D eigenvalue weighted by Crippen LogP contribution is 2.34. The van der Waals surface area contributed by atoms with Crippen LogP contribution in [0.1, 0.15) is 10.4 Å². The number of nitrogens with zero attached hydrogens (tertiary/aromatic N) is 4. The molecule has 0 aliphatic rings. The van der Waals surface area contributed by atoms with Gasteiger partial charge in [-0.25, -0.2) is 4.98 Å². The van der Waals surface area contributed by atoms with E-state index in [9.17, 15) is 25.0 Å². The van der Waals surface area contributed by atoms with Gasteiger partial charge in [-0.1, -0.05) is 41.9 Å². The summed E-state index contributed by atoms with van der Waals surface area (Å²) in [6.45, 7) is 0. The fourth-order valence-electron chi connectivity index (χ4n) is 3.02. The lowest BCUT2D eigenvalue weighted by Gasteiger charge is -2.11. The van der Waals surface area contributed by atoms with Crippen molar-refractivity contribution in [2.75, 3.05) is 5.43 Å². The van der Waals surface area contributed by atoms with Crippen molar-refractivity contribution < 1.29 is 19.4 Å². The van der Waals surface area contributed by atoms with Crippen LogP contribution in [0.3, 0.4) is 0 Å². The van der Waals surface area contributed by atoms with E-state index in [1.165, 1.54) is 12.1 Å². The molecule has 1 amide bonds. The summed E-state index contributed by atoms with van der Waals surface area (Å²) in [5, 5.41) is 24.4. The SMILES string of the molecule is O=C(NNc1ncnc(Oc2ccc3ccccc3c2)c1[N+](=O)[O-])c1ccc(Cl)c([N+](=O)[O-])c1. The Kier molecular flexibility index (Phi) is 6.14. The number of carbonyl (C=O) groups excluding carboxylic acids is 1. The Morgan fingerprint density at radius 1 is 0.941 bits per heavy atom. The van der Waals surface area contributed by atoms with Gasteiger partial charge in [-0.15, -0.1) is 0 Å². The number of carbonyl (C=O) groups is 1. The summed E-state index contributed by atoms with van der Waals surface area (Å²) < 4.78 is 5.63. The lowest BCUT2D eigenvalue weighted by molar-refractivity contribution is -0.385. The Morgan fingerprint density at radius 3 is 2.44 bits per heavy atom. The van der Waals surface area contributed by atoms with E-state index in [4.69, 9.17) is 16.3 Å². The predicted octanol–water partition coefficient (Wildman–Crippen LogP) is 4.65. The minimum Gasteiger partial charge on any atom is -0.434 e. The summed E-state index contributed by atoms with van der Waals surface area (Å²) in [4.78, 5) is 41.3. The number of nitro benzene ring substituents is 1. The predicted molar refractivity (Wildman–Crippen MR) is 122 cm³/mol. The molecule has 0 atom stereocenters. The Hall–Kier alpha value is -4.84. The smallest absolute Gasteiger partial charge is 0.374 e. The van der Waals surface area contributed by atoms with Crippen LogP contribution in [0.5, 0.6) is 11.6 Å². The van der Waals surface area contributed by atoms with Gasteiger partial charge >= 0.3 is 11.6 Å². The number of rotatable bonds is 7. The van der Waals surface area contributed by atoms with Crippen molar-refractivity contribution in [2.24, 2.45) is 0 Å². The average Bonchev–Trinajstić information content (AvgIpc) is 2.82. The topological polar surface area (TPSA) is 162 Å². The van der Waals surface area contributed by atoms with E-state index in [1.54, 1.807) is 18.2 Å². The number of hydrogen-bond acceptors (Lipinski definition) is 9. The van der Waals surface area contributed by atoms with Gasteiger partial charge in [-0.2, -0.15) is 4.98 Å². The lowest BCUT2D eigenvalue weighted by atomic mass is 10.1. The maximum Gasteiger partial charge on any atom is 0.374 e. The van der Waals surface area contributed by atoms with E-state index in [2.05, 4.69) is 20.8 Å². The standard InChI is InChI=1S/C21H13ClN6O6/c22-16-8-6-14(10-17(16)27(30)31)20(29)26-25-19-18(28(32)33)21(24-11-23-19)34-15-7-5-12-3-1-2-4-13(12)9-15/h1-11H,(H,26,29)(H,23,24,25). The summed E-state index contributed by atoms with van der Waals surface area (Å²) in [5.74, 6) is -1.21. The molecular formula is C21H13ClN6O6. The van der Waals surface area contributed by atoms with Gasteiger partial charge in [0.2, 0.25) is 5.82 Å². The highest BCUT2D eigenvalue weighted by atomic mass is 35.5. The van der Waals surface area contributed by atoms with E-state index in [0.29, 0.717) is 5.75 Å². The molecule has 4 aromatic rings. The van der Waals surface area contributed by atoms with Gasteiger partial charge in [-0.3, -0.25) is 35.9 Å². The van der Waals surface area contributed by atoms with Crippen LogP contribution in [0.25, 0.3) is 10.8 Å². The molecule has 3 aromatic carbocycles. The highest BCUT2D eigenvalue weighted by molar-refractivity contribution is 6.32. The number of hydrogen-bond donors (Lipinski definition) is 2. The van der Waals surface area contributed by atoms with E-state index < -0.39 is 27.1 Å². The Bertz CT molecular complexity index is 1450. The fourth-order valence-corrected chi connectivity index (χ4v) is 3.20. The number of anilines is 1. The number of benzene rings is 3. The van der Waals surface area contributed by atoms with Crippen molar-refractivity contribution >= 4 is 45.5 Å². The number of ether oxygens (including phenoxy) is 1. The van der Waals surface area contributed by atoms with Crippen LogP contribution in [0, 0.1) is 20.2 Å². The maximum atomic E-state index is 12.4. The molecule has 0 radical (unpaired) electrons. The van der Waals surface area contributed by atoms with Gasteiger partial charge in [0.15, 0.2) is 0 Å². The number of hydrazine groups is 1. The third kappa shape index (κ3) is 4.66. The number of amides is 1. The van der Waals surface area contributed by atoms with Crippen molar-refractivity contribution in [3.05, 3.63) is 97.8 Å². The first-order valence-corrected chi connectivity index (χ1v) is 9.87. The quantitative estimate of drug-likeness (QED) is 0.283. The molecule has 1 aromatic heterocycles. The summed E-state index contributed by atoms with van der Waals surface area (Å²) in [6.07, 6.45) is 1.02. The van der Waals surface area contributed by atoms with Crippen molar-refractivity contribution in [1.29, 1.82) is 0 Å². The van der Waals surface area contributed by atoms with Crippen LogP contribution >= 0.6 is 11.6 Å². The summed E-state index contributed by atoms with van der Waals surface area (Å²) >= 11 is 5.75. The third-order valence-corrected chi connectivity index (χ3v) is 4.93. The Labute approximate surface area is 195 Å². The minimum atomic E-state index is -0.815. The zero-order valence-electron chi connectivity index (χ0n) is 17.0. The molecule has 0 aliphatic carbocycles. The van der Waals surface area contributed by atoms with E-state index in [-0.39, 0.29) is 22.3 Å². The van der Waals surface area contributed by atoms with E-state index in [0.717, 1.165) is 23.2 Å². The molecule has 0 bridgehead atoms. The van der Waals surface area contributed by atoms with Crippen molar-refractivity contribution in [2.45, 2.75) is 0 Å². The zero-order valence-corrected chi connectivity index (χ0v) is 17.7. The van der Waals surface area contributed by atoms with E-state index in [1.807, 2.05) is 24.3 Å². The number of aromatic nitrogens is 2. The molecule has 2 N–H and O–H groups in total. The first kappa shape index (κ1) is 22.4. The Morgan fingerprint density at radius 2 is 1.71 bits per heavy atom. The largest absolute Gasteiger partial charge is 0.434 e. The minimum absolute atomic E-state index is 0.104. The normalized spacial score (nSPS) is 10.5. The molecule has 0 fully saturated rings. The van der Waals surface area contributed by atoms with Gasteiger partial charge in [0.25, 0.3) is 11.6 Å². The number of nitrogens with one attached hydrogen (secondary N) is 2.